The van der Waals surface area contributed by atoms with Crippen LogP contribution in [0.4, 0.5) is 0 Å². The molecule has 0 saturated carbocycles. The molecular formula is C16H25O8P. The summed E-state index contributed by atoms with van der Waals surface area (Å²) in [6.45, 7) is 3.40. The van der Waals surface area contributed by atoms with Gasteiger partial charge in [-0.3, -0.25) is 9.05 Å². The van der Waals surface area contributed by atoms with Crippen molar-refractivity contribution in [2.24, 2.45) is 0 Å². The predicted molar refractivity (Wildman–Crippen MR) is 89.9 cm³/mol. The van der Waals surface area contributed by atoms with E-state index in [-0.39, 0.29) is 26.4 Å². The number of benzene rings is 1. The topological polar surface area (TPSA) is 81.7 Å². The van der Waals surface area contributed by atoms with Crippen LogP contribution < -0.4 is 4.52 Å². The standard InChI is InChI=1S/C16H25O8P/c17-25(24-16-4-2-1-3-5-16)22-14-12-20-10-8-18-6-7-19-9-11-21-13-15-23-25/h1-5H,6-15H2. The van der Waals surface area contributed by atoms with Gasteiger partial charge >= 0.3 is 7.82 Å². The van der Waals surface area contributed by atoms with Crippen molar-refractivity contribution in [1.29, 1.82) is 0 Å². The van der Waals surface area contributed by atoms with Crippen molar-refractivity contribution in [2.45, 2.75) is 0 Å². The summed E-state index contributed by atoms with van der Waals surface area (Å²) in [5.41, 5.74) is 0. The SMILES string of the molecule is O=P1(Oc2ccccc2)OCCOCCOCCOCCOCCO1. The number of phosphoric ester groups is 1. The van der Waals surface area contributed by atoms with E-state index in [0.29, 0.717) is 45.4 Å². The van der Waals surface area contributed by atoms with Crippen LogP contribution in [0.1, 0.15) is 0 Å². The van der Waals surface area contributed by atoms with E-state index >= 15 is 0 Å². The lowest BCUT2D eigenvalue weighted by atomic mass is 10.3. The fraction of sp³-hybridized carbons (Fsp3) is 0.625. The maximum absolute atomic E-state index is 12.7. The van der Waals surface area contributed by atoms with E-state index < -0.39 is 7.82 Å². The summed E-state index contributed by atoms with van der Waals surface area (Å²) < 4.78 is 50.2. The Morgan fingerprint density at radius 3 is 1.48 bits per heavy atom. The fourth-order valence-corrected chi connectivity index (χ4v) is 3.03. The molecule has 0 bridgehead atoms. The Bertz CT molecular complexity index is 476. The van der Waals surface area contributed by atoms with Gasteiger partial charge in [-0.1, -0.05) is 18.2 Å². The molecule has 1 heterocycles. The summed E-state index contributed by atoms with van der Waals surface area (Å²) in [4.78, 5) is 0. The number of hydrogen-bond acceptors (Lipinski definition) is 8. The first kappa shape index (κ1) is 20.3. The summed E-state index contributed by atoms with van der Waals surface area (Å²) in [6.07, 6.45) is 0. The van der Waals surface area contributed by atoms with Crippen LogP contribution in [0.5, 0.6) is 5.75 Å². The zero-order valence-electron chi connectivity index (χ0n) is 14.2. The average Bonchev–Trinajstić information content (AvgIpc) is 2.62. The molecule has 0 aliphatic carbocycles. The van der Waals surface area contributed by atoms with Crippen molar-refractivity contribution in [2.75, 3.05) is 66.1 Å². The van der Waals surface area contributed by atoms with Crippen molar-refractivity contribution in [3.8, 4) is 5.75 Å². The lowest BCUT2D eigenvalue weighted by Gasteiger charge is -2.18. The first-order valence-electron chi connectivity index (χ1n) is 8.23. The highest BCUT2D eigenvalue weighted by atomic mass is 31.2. The van der Waals surface area contributed by atoms with Crippen LogP contribution in [-0.4, -0.2) is 66.1 Å². The van der Waals surface area contributed by atoms with Crippen LogP contribution in [0.25, 0.3) is 0 Å². The Kier molecular flexibility index (Phi) is 10.1. The molecule has 1 aromatic carbocycles. The molecule has 0 atom stereocenters. The Labute approximate surface area is 147 Å². The summed E-state index contributed by atoms with van der Waals surface area (Å²) in [5.74, 6) is 0.403. The predicted octanol–water partition coefficient (Wildman–Crippen LogP) is 2.29. The minimum absolute atomic E-state index is 0.0775. The van der Waals surface area contributed by atoms with Crippen molar-refractivity contribution in [1.82, 2.24) is 0 Å². The van der Waals surface area contributed by atoms with Crippen molar-refractivity contribution in [3.05, 3.63) is 30.3 Å². The van der Waals surface area contributed by atoms with Gasteiger partial charge in [0.05, 0.1) is 66.1 Å². The van der Waals surface area contributed by atoms with E-state index in [4.69, 9.17) is 32.5 Å². The number of rotatable bonds is 2. The number of phosphoric acid groups is 1. The molecule has 0 aromatic heterocycles. The average molecular weight is 376 g/mol. The highest BCUT2D eigenvalue weighted by Gasteiger charge is 2.28. The van der Waals surface area contributed by atoms with Crippen LogP contribution in [-0.2, 0) is 32.6 Å². The molecular weight excluding hydrogens is 351 g/mol. The normalized spacial score (nSPS) is 21.9. The molecule has 0 spiro atoms. The highest BCUT2D eigenvalue weighted by Crippen LogP contribution is 2.49. The molecule has 1 aromatic rings. The molecule has 1 saturated heterocycles. The van der Waals surface area contributed by atoms with E-state index in [1.807, 2.05) is 6.07 Å². The minimum Gasteiger partial charge on any atom is -0.404 e. The van der Waals surface area contributed by atoms with E-state index in [0.717, 1.165) is 0 Å². The first-order valence-corrected chi connectivity index (χ1v) is 9.69. The van der Waals surface area contributed by atoms with Gasteiger partial charge in [0.1, 0.15) is 5.75 Å². The van der Waals surface area contributed by atoms with Gasteiger partial charge in [0.25, 0.3) is 0 Å². The van der Waals surface area contributed by atoms with Crippen LogP contribution >= 0.6 is 7.82 Å². The maximum Gasteiger partial charge on any atom is 0.530 e. The summed E-state index contributed by atoms with van der Waals surface area (Å²) in [5, 5.41) is 0. The third-order valence-electron chi connectivity index (χ3n) is 3.03. The lowest BCUT2D eigenvalue weighted by Crippen LogP contribution is -2.12. The number of ether oxygens (including phenoxy) is 4. The van der Waals surface area contributed by atoms with Crippen LogP contribution in [0.15, 0.2) is 30.3 Å². The van der Waals surface area contributed by atoms with E-state index in [9.17, 15) is 4.57 Å². The largest absolute Gasteiger partial charge is 0.530 e. The van der Waals surface area contributed by atoms with Crippen LogP contribution in [0, 0.1) is 0 Å². The second-order valence-corrected chi connectivity index (χ2v) is 6.56. The van der Waals surface area contributed by atoms with E-state index in [2.05, 4.69) is 0 Å². The Balaban J connectivity index is 1.85. The van der Waals surface area contributed by atoms with Crippen LogP contribution in [0.3, 0.4) is 0 Å². The van der Waals surface area contributed by atoms with Crippen molar-refractivity contribution >= 4 is 7.82 Å². The van der Waals surface area contributed by atoms with Crippen molar-refractivity contribution < 1.29 is 37.1 Å². The maximum atomic E-state index is 12.7. The van der Waals surface area contributed by atoms with Gasteiger partial charge in [-0.2, -0.15) is 0 Å². The summed E-state index contributed by atoms with van der Waals surface area (Å²) in [7, 11) is -3.76. The van der Waals surface area contributed by atoms with Gasteiger partial charge in [-0.15, -0.1) is 0 Å². The van der Waals surface area contributed by atoms with Gasteiger partial charge in [0.2, 0.25) is 0 Å². The van der Waals surface area contributed by atoms with E-state index in [1.54, 1.807) is 24.3 Å². The van der Waals surface area contributed by atoms with Gasteiger partial charge < -0.3 is 23.5 Å². The second-order valence-electron chi connectivity index (χ2n) is 4.97. The molecule has 1 aliphatic rings. The highest BCUT2D eigenvalue weighted by molar-refractivity contribution is 7.48. The third kappa shape index (κ3) is 9.32. The minimum atomic E-state index is -3.76. The first-order chi connectivity index (χ1) is 12.3. The molecule has 0 unspecified atom stereocenters. The Morgan fingerprint density at radius 1 is 0.640 bits per heavy atom. The van der Waals surface area contributed by atoms with Crippen LogP contribution in [0.2, 0.25) is 0 Å². The molecule has 0 amide bonds. The van der Waals surface area contributed by atoms with Gasteiger partial charge in [-0.25, -0.2) is 4.57 Å². The molecule has 25 heavy (non-hydrogen) atoms. The molecule has 8 nitrogen and oxygen atoms in total. The van der Waals surface area contributed by atoms with E-state index in [1.165, 1.54) is 0 Å². The lowest BCUT2D eigenvalue weighted by molar-refractivity contribution is -0.00426. The van der Waals surface area contributed by atoms with Gasteiger partial charge in [-0.05, 0) is 12.1 Å². The summed E-state index contributed by atoms with van der Waals surface area (Å²) in [6, 6.07) is 8.73. The fourth-order valence-electron chi connectivity index (χ4n) is 1.88. The molecule has 0 N–H and O–H groups in total. The van der Waals surface area contributed by atoms with Gasteiger partial charge in [0.15, 0.2) is 0 Å². The Morgan fingerprint density at radius 2 is 1.04 bits per heavy atom. The molecule has 0 radical (unpaired) electrons. The molecule has 9 heteroatoms. The van der Waals surface area contributed by atoms with Crippen molar-refractivity contribution in [3.63, 3.8) is 0 Å². The zero-order chi connectivity index (χ0) is 17.6. The molecule has 1 aliphatic heterocycles. The van der Waals surface area contributed by atoms with Gasteiger partial charge in [0, 0.05) is 0 Å². The molecule has 142 valence electrons. The quantitative estimate of drug-likeness (QED) is 0.728. The monoisotopic (exact) mass is 376 g/mol. The second kappa shape index (κ2) is 12.4. The molecule has 1 fully saturated rings. The molecule has 2 rings (SSSR count). The number of hydrogen-bond donors (Lipinski definition) is 0. The zero-order valence-corrected chi connectivity index (χ0v) is 15.1. The number of para-hydroxylation sites is 1. The smallest absolute Gasteiger partial charge is 0.404 e. The summed E-state index contributed by atoms with van der Waals surface area (Å²) >= 11 is 0. The Hall–Kier alpha value is -0.990. The third-order valence-corrected chi connectivity index (χ3v) is 4.46.